The number of carbonyl (C=O) groups is 1. The molecule has 0 saturated carbocycles. The van der Waals surface area contributed by atoms with Gasteiger partial charge < -0.3 is 9.84 Å². The van der Waals surface area contributed by atoms with Crippen LogP contribution in [0.15, 0.2) is 39.8 Å². The Morgan fingerprint density at radius 1 is 1.33 bits per heavy atom. The second kappa shape index (κ2) is 9.43. The van der Waals surface area contributed by atoms with Gasteiger partial charge in [0.15, 0.2) is 0 Å². The molecule has 1 fully saturated rings. The van der Waals surface area contributed by atoms with Crippen LogP contribution < -0.4 is 5.32 Å². The first-order chi connectivity index (χ1) is 15.8. The average Bonchev–Trinajstić information content (AvgIpc) is 3.46. The molecule has 0 aliphatic carbocycles. The van der Waals surface area contributed by atoms with Gasteiger partial charge in [0.25, 0.3) is 0 Å². The number of hydrogen-bond acceptors (Lipinski definition) is 8. The molecule has 1 aromatic carbocycles. The third kappa shape index (κ3) is 4.83. The number of benzene rings is 1. The number of anilines is 1. The smallest absolute Gasteiger partial charge is 0.244 e. The van der Waals surface area contributed by atoms with Crippen LogP contribution in [0.4, 0.5) is 5.69 Å². The van der Waals surface area contributed by atoms with Crippen molar-refractivity contribution in [1.82, 2.24) is 14.4 Å². The van der Waals surface area contributed by atoms with Gasteiger partial charge in [-0.05, 0) is 44.0 Å². The van der Waals surface area contributed by atoms with Crippen LogP contribution in [-0.4, -0.2) is 41.9 Å². The fourth-order valence-corrected chi connectivity index (χ4v) is 6.69. The molecule has 1 saturated heterocycles. The Balaban J connectivity index is 1.43. The molecule has 9 nitrogen and oxygen atoms in total. The summed E-state index contributed by atoms with van der Waals surface area (Å²) in [7, 11) is -3.71. The van der Waals surface area contributed by atoms with Gasteiger partial charge in [-0.25, -0.2) is 8.42 Å². The zero-order chi connectivity index (χ0) is 23.6. The lowest BCUT2D eigenvalue weighted by molar-refractivity contribution is -0.120. The van der Waals surface area contributed by atoms with Crippen LogP contribution in [0.25, 0.3) is 10.7 Å². The summed E-state index contributed by atoms with van der Waals surface area (Å²) in [5, 5.41) is 15.8. The van der Waals surface area contributed by atoms with Gasteiger partial charge in [-0.1, -0.05) is 18.1 Å². The number of nitriles is 1. The Morgan fingerprint density at radius 3 is 2.76 bits per heavy atom. The molecule has 1 amide bonds. The quantitative estimate of drug-likeness (QED) is 0.565. The average molecular weight is 486 g/mol. The van der Waals surface area contributed by atoms with E-state index >= 15 is 0 Å². The Bertz CT molecular complexity index is 1310. The Hall–Kier alpha value is -3.07. The first-order valence-electron chi connectivity index (χ1n) is 10.6. The summed E-state index contributed by atoms with van der Waals surface area (Å²) in [6.07, 6.45) is 1.45. The zero-order valence-electron chi connectivity index (χ0n) is 18.2. The molecule has 0 atom stereocenters. The van der Waals surface area contributed by atoms with Crippen LogP contribution in [-0.2, 0) is 21.2 Å². The minimum Gasteiger partial charge on any atom is -0.339 e. The summed E-state index contributed by atoms with van der Waals surface area (Å²) in [4.78, 5) is 18.5. The van der Waals surface area contributed by atoms with Crippen LogP contribution >= 0.6 is 11.3 Å². The molecular formula is C22H23N5O4S2. The van der Waals surface area contributed by atoms with E-state index in [-0.39, 0.29) is 29.8 Å². The molecule has 1 aliphatic rings. The number of aryl methyl sites for hydroxylation is 2. The predicted octanol–water partition coefficient (Wildman–Crippen LogP) is 3.58. The molecule has 3 aromatic rings. The van der Waals surface area contributed by atoms with E-state index in [1.807, 2.05) is 13.0 Å². The monoisotopic (exact) mass is 485 g/mol. The van der Waals surface area contributed by atoms with Crippen LogP contribution in [0.1, 0.15) is 36.1 Å². The second-order valence-electron chi connectivity index (χ2n) is 7.76. The van der Waals surface area contributed by atoms with Gasteiger partial charge in [0.2, 0.25) is 27.6 Å². The molecule has 33 heavy (non-hydrogen) atoms. The first-order valence-corrected chi connectivity index (χ1v) is 12.8. The fraction of sp³-hybridized carbons (Fsp3) is 0.364. The summed E-state index contributed by atoms with van der Waals surface area (Å²) in [6, 6.07) is 10.3. The Kier molecular flexibility index (Phi) is 6.60. The molecule has 0 spiro atoms. The highest BCUT2D eigenvalue weighted by atomic mass is 32.2. The summed E-state index contributed by atoms with van der Waals surface area (Å²) < 4.78 is 33.1. The van der Waals surface area contributed by atoms with Gasteiger partial charge in [-0.3, -0.25) is 4.79 Å². The van der Waals surface area contributed by atoms with Crippen molar-refractivity contribution in [2.45, 2.75) is 38.0 Å². The lowest BCUT2D eigenvalue weighted by atomic mass is 9.97. The topological polar surface area (TPSA) is 129 Å². The molecule has 11 heteroatoms. The largest absolute Gasteiger partial charge is 0.339 e. The van der Waals surface area contributed by atoms with E-state index in [0.717, 1.165) is 0 Å². The van der Waals surface area contributed by atoms with Crippen molar-refractivity contribution < 1.29 is 17.7 Å². The van der Waals surface area contributed by atoms with Gasteiger partial charge in [0, 0.05) is 36.0 Å². The maximum atomic E-state index is 13.3. The molecule has 1 aliphatic heterocycles. The molecule has 4 rings (SSSR count). The lowest BCUT2D eigenvalue weighted by Crippen LogP contribution is -2.41. The number of hydrogen-bond donors (Lipinski definition) is 1. The van der Waals surface area contributed by atoms with Gasteiger partial charge in [-0.15, -0.1) is 11.3 Å². The summed E-state index contributed by atoms with van der Waals surface area (Å²) in [5.41, 5.74) is 1.02. The van der Waals surface area contributed by atoms with E-state index in [1.165, 1.54) is 15.6 Å². The summed E-state index contributed by atoms with van der Waals surface area (Å²) in [5.74, 6) is 0.422. The van der Waals surface area contributed by atoms with Crippen molar-refractivity contribution in [2.24, 2.45) is 5.92 Å². The minimum absolute atomic E-state index is 0.167. The zero-order valence-corrected chi connectivity index (χ0v) is 19.9. The molecule has 0 bridgehead atoms. The molecule has 2 aromatic heterocycles. The van der Waals surface area contributed by atoms with Crippen LogP contribution in [0.5, 0.6) is 0 Å². The number of nitrogens with one attached hydrogen (secondary N) is 1. The maximum Gasteiger partial charge on any atom is 0.244 e. The number of carbonyl (C=O) groups excluding carboxylic acids is 1. The highest BCUT2D eigenvalue weighted by Gasteiger charge is 2.34. The number of nitrogens with zero attached hydrogens (tertiary/aromatic N) is 4. The number of amides is 1. The lowest BCUT2D eigenvalue weighted by Gasteiger charge is -2.30. The van der Waals surface area contributed by atoms with Crippen LogP contribution in [0.2, 0.25) is 0 Å². The van der Waals surface area contributed by atoms with Crippen molar-refractivity contribution in [3.63, 3.8) is 0 Å². The van der Waals surface area contributed by atoms with E-state index in [2.05, 4.69) is 15.5 Å². The molecule has 3 heterocycles. The van der Waals surface area contributed by atoms with E-state index in [1.54, 1.807) is 37.3 Å². The molecular weight excluding hydrogens is 462 g/mol. The summed E-state index contributed by atoms with van der Waals surface area (Å²) in [6.45, 7) is 4.18. The maximum absolute atomic E-state index is 13.3. The number of rotatable bonds is 6. The van der Waals surface area contributed by atoms with Gasteiger partial charge >= 0.3 is 0 Å². The van der Waals surface area contributed by atoms with Crippen molar-refractivity contribution >= 4 is 33.0 Å². The third-order valence-corrected chi connectivity index (χ3v) is 8.77. The van der Waals surface area contributed by atoms with Gasteiger partial charge in [-0.2, -0.15) is 14.6 Å². The second-order valence-corrected chi connectivity index (χ2v) is 10.9. The third-order valence-electron chi connectivity index (χ3n) is 5.56. The minimum atomic E-state index is -3.71. The van der Waals surface area contributed by atoms with E-state index in [0.29, 0.717) is 52.0 Å². The SMILES string of the molecule is CCc1nc(-c2cc(S(=O)(=O)N3CCC(C(=O)Nc4cccc(C#N)c4)CC3)c(C)s2)no1. The van der Waals surface area contributed by atoms with Crippen molar-refractivity contribution in [3.8, 4) is 16.8 Å². The molecule has 1 N–H and O–H groups in total. The van der Waals surface area contributed by atoms with E-state index in [4.69, 9.17) is 9.78 Å². The Morgan fingerprint density at radius 2 is 2.09 bits per heavy atom. The molecule has 0 unspecified atom stereocenters. The van der Waals surface area contributed by atoms with E-state index in [9.17, 15) is 13.2 Å². The van der Waals surface area contributed by atoms with E-state index < -0.39 is 10.0 Å². The van der Waals surface area contributed by atoms with Crippen molar-refractivity contribution in [3.05, 3.63) is 46.7 Å². The predicted molar refractivity (Wildman–Crippen MR) is 123 cm³/mol. The highest BCUT2D eigenvalue weighted by Crippen LogP contribution is 2.35. The van der Waals surface area contributed by atoms with Gasteiger partial charge in [0.05, 0.1) is 21.4 Å². The van der Waals surface area contributed by atoms with Gasteiger partial charge in [0.1, 0.15) is 0 Å². The highest BCUT2D eigenvalue weighted by molar-refractivity contribution is 7.89. The first kappa shape index (κ1) is 23.1. The number of piperidine rings is 1. The molecule has 172 valence electrons. The summed E-state index contributed by atoms with van der Waals surface area (Å²) >= 11 is 1.31. The van der Waals surface area contributed by atoms with Crippen molar-refractivity contribution in [1.29, 1.82) is 5.26 Å². The normalized spacial score (nSPS) is 15.3. The fourth-order valence-electron chi connectivity index (χ4n) is 3.74. The number of thiophene rings is 1. The van der Waals surface area contributed by atoms with Crippen LogP contribution in [0.3, 0.4) is 0 Å². The van der Waals surface area contributed by atoms with Crippen LogP contribution in [0, 0.1) is 24.2 Å². The number of aromatic nitrogens is 2. The van der Waals surface area contributed by atoms with Crippen molar-refractivity contribution in [2.75, 3.05) is 18.4 Å². The number of sulfonamides is 1. The standard InChI is InChI=1S/C22H23N5O4S2/c1-3-20-25-21(26-31-20)18-12-19(14(2)32-18)33(29,30)27-9-7-16(8-10-27)22(28)24-17-6-4-5-15(11-17)13-23/h4-6,11-12,16H,3,7-10H2,1-2H3,(H,24,28). The molecule has 0 radical (unpaired) electrons. The Labute approximate surface area is 196 Å².